The number of ether oxygens (including phenoxy) is 1. The summed E-state index contributed by atoms with van der Waals surface area (Å²) in [5.74, 6) is -0.914. The number of carbonyl (C=O) groups excluding carboxylic acids is 2. The highest BCUT2D eigenvalue weighted by Crippen LogP contribution is 2.27. The fraction of sp³-hybridized carbons (Fsp3) is 0.160. The first-order chi connectivity index (χ1) is 16.4. The van der Waals surface area contributed by atoms with Gasteiger partial charge in [0.1, 0.15) is 18.2 Å². The Morgan fingerprint density at radius 3 is 2.56 bits per heavy atom. The van der Waals surface area contributed by atoms with E-state index in [1.54, 1.807) is 42.5 Å². The van der Waals surface area contributed by atoms with Crippen LogP contribution < -0.4 is 15.1 Å². The van der Waals surface area contributed by atoms with E-state index >= 15 is 0 Å². The second-order valence-electron chi connectivity index (χ2n) is 7.68. The third-order valence-corrected chi connectivity index (χ3v) is 6.03. The van der Waals surface area contributed by atoms with Crippen LogP contribution in [0.4, 0.5) is 10.1 Å². The molecule has 1 N–H and O–H groups in total. The number of hydrazone groups is 1. The molecule has 0 unspecified atom stereocenters. The predicted octanol–water partition coefficient (Wildman–Crippen LogP) is 5.21. The average Bonchev–Trinajstić information content (AvgIpc) is 3.21. The molecule has 2 amide bonds. The summed E-state index contributed by atoms with van der Waals surface area (Å²) in [6.07, 6.45) is 1.55. The Kier molecular flexibility index (Phi) is 7.45. The van der Waals surface area contributed by atoms with Crippen molar-refractivity contribution in [3.63, 3.8) is 0 Å². The van der Waals surface area contributed by atoms with E-state index in [1.807, 2.05) is 0 Å². The summed E-state index contributed by atoms with van der Waals surface area (Å²) in [4.78, 5) is 26.3. The van der Waals surface area contributed by atoms with Gasteiger partial charge in [-0.15, -0.1) is 0 Å². The molecule has 1 heterocycles. The second-order valence-corrected chi connectivity index (χ2v) is 8.49. The number of nitrogens with one attached hydrogen (secondary N) is 1. The number of benzene rings is 3. The topological polar surface area (TPSA) is 71.0 Å². The lowest BCUT2D eigenvalue weighted by Gasteiger charge is -2.16. The van der Waals surface area contributed by atoms with Crippen LogP contribution in [0.15, 0.2) is 71.8 Å². The number of anilines is 1. The van der Waals surface area contributed by atoms with Gasteiger partial charge in [0, 0.05) is 34.3 Å². The minimum atomic E-state index is -0.551. The molecule has 0 bridgehead atoms. The van der Waals surface area contributed by atoms with E-state index in [0.29, 0.717) is 32.6 Å². The van der Waals surface area contributed by atoms with Crippen molar-refractivity contribution in [3.8, 4) is 5.75 Å². The lowest BCUT2D eigenvalue weighted by atomic mass is 10.1. The second kappa shape index (κ2) is 10.7. The SMILES string of the molecule is O=C(N/N=C\c1cccc(OCc2c(Cl)cccc2Cl)c1)[C@H]1CC(=O)N(c2ccc(F)cc2)C1. The summed E-state index contributed by atoms with van der Waals surface area (Å²) in [6.45, 7) is 0.413. The van der Waals surface area contributed by atoms with Gasteiger partial charge >= 0.3 is 0 Å². The molecular formula is C25H20Cl2FN3O3. The molecule has 1 aliphatic heterocycles. The molecule has 1 atom stereocenters. The summed E-state index contributed by atoms with van der Waals surface area (Å²) in [7, 11) is 0. The smallest absolute Gasteiger partial charge is 0.245 e. The summed E-state index contributed by atoms with van der Waals surface area (Å²) in [5.41, 5.74) is 4.44. The number of carbonyl (C=O) groups is 2. The van der Waals surface area contributed by atoms with Gasteiger partial charge in [-0.2, -0.15) is 5.10 Å². The van der Waals surface area contributed by atoms with Crippen molar-refractivity contribution in [1.82, 2.24) is 5.43 Å². The average molecular weight is 500 g/mol. The van der Waals surface area contributed by atoms with Gasteiger partial charge in [0.15, 0.2) is 0 Å². The predicted molar refractivity (Wildman–Crippen MR) is 130 cm³/mol. The molecule has 0 spiro atoms. The summed E-state index contributed by atoms with van der Waals surface area (Å²) in [6, 6.07) is 18.0. The van der Waals surface area contributed by atoms with Crippen LogP contribution >= 0.6 is 23.2 Å². The quantitative estimate of drug-likeness (QED) is 0.358. The van der Waals surface area contributed by atoms with E-state index in [9.17, 15) is 14.0 Å². The highest BCUT2D eigenvalue weighted by atomic mass is 35.5. The molecule has 1 fully saturated rings. The van der Waals surface area contributed by atoms with Crippen molar-refractivity contribution in [2.24, 2.45) is 11.0 Å². The third-order valence-electron chi connectivity index (χ3n) is 5.33. The van der Waals surface area contributed by atoms with Crippen LogP contribution in [0.3, 0.4) is 0 Å². The molecule has 34 heavy (non-hydrogen) atoms. The Bertz CT molecular complexity index is 1210. The number of halogens is 3. The number of amides is 2. The summed E-state index contributed by atoms with van der Waals surface area (Å²) >= 11 is 12.3. The molecule has 3 aromatic rings. The number of rotatable bonds is 7. The van der Waals surface area contributed by atoms with Crippen molar-refractivity contribution in [2.75, 3.05) is 11.4 Å². The first-order valence-corrected chi connectivity index (χ1v) is 11.2. The standard InChI is InChI=1S/C25H20Cl2FN3O3/c26-22-5-2-6-23(27)21(22)15-34-20-4-1-3-16(11-20)13-29-30-25(33)17-12-24(32)31(14-17)19-9-7-18(28)8-10-19/h1-11,13,17H,12,14-15H2,(H,30,33)/b29-13-/t17-/m0/s1. The van der Waals surface area contributed by atoms with Crippen molar-refractivity contribution in [2.45, 2.75) is 13.0 Å². The molecule has 0 aromatic heterocycles. The van der Waals surface area contributed by atoms with Crippen LogP contribution in [-0.4, -0.2) is 24.6 Å². The first-order valence-electron chi connectivity index (χ1n) is 10.5. The minimum Gasteiger partial charge on any atom is -0.489 e. The van der Waals surface area contributed by atoms with Gasteiger partial charge in [-0.05, 0) is 54.1 Å². The van der Waals surface area contributed by atoms with Crippen molar-refractivity contribution < 1.29 is 18.7 Å². The maximum atomic E-state index is 13.1. The Labute approximate surface area is 205 Å². The number of hydrogen-bond acceptors (Lipinski definition) is 4. The van der Waals surface area contributed by atoms with Crippen LogP contribution in [0.2, 0.25) is 10.0 Å². The van der Waals surface area contributed by atoms with Gasteiger partial charge in [-0.25, -0.2) is 9.82 Å². The van der Waals surface area contributed by atoms with Crippen LogP contribution in [0.25, 0.3) is 0 Å². The molecule has 9 heteroatoms. The Morgan fingerprint density at radius 2 is 1.82 bits per heavy atom. The van der Waals surface area contributed by atoms with E-state index < -0.39 is 5.92 Å². The van der Waals surface area contributed by atoms with E-state index in [4.69, 9.17) is 27.9 Å². The highest BCUT2D eigenvalue weighted by molar-refractivity contribution is 6.35. The monoisotopic (exact) mass is 499 g/mol. The minimum absolute atomic E-state index is 0.0622. The van der Waals surface area contributed by atoms with Gasteiger partial charge in [0.25, 0.3) is 0 Å². The van der Waals surface area contributed by atoms with Gasteiger partial charge in [0.2, 0.25) is 11.8 Å². The lowest BCUT2D eigenvalue weighted by Crippen LogP contribution is -2.30. The van der Waals surface area contributed by atoms with Crippen LogP contribution in [0.1, 0.15) is 17.5 Å². The van der Waals surface area contributed by atoms with Crippen molar-refractivity contribution in [1.29, 1.82) is 0 Å². The summed E-state index contributed by atoms with van der Waals surface area (Å²) in [5, 5.41) is 5.06. The van der Waals surface area contributed by atoms with Gasteiger partial charge in [-0.3, -0.25) is 9.59 Å². The first kappa shape index (κ1) is 23.7. The van der Waals surface area contributed by atoms with Gasteiger partial charge < -0.3 is 9.64 Å². The van der Waals surface area contributed by atoms with Crippen molar-refractivity contribution >= 4 is 46.9 Å². The molecule has 0 radical (unpaired) electrons. The van der Waals surface area contributed by atoms with Crippen LogP contribution in [-0.2, 0) is 16.2 Å². The molecular weight excluding hydrogens is 480 g/mol. The fourth-order valence-corrected chi connectivity index (χ4v) is 4.03. The van der Waals surface area contributed by atoms with E-state index in [1.165, 1.54) is 35.4 Å². The van der Waals surface area contributed by atoms with Crippen molar-refractivity contribution in [3.05, 3.63) is 93.7 Å². The molecule has 0 aliphatic carbocycles. The van der Waals surface area contributed by atoms with E-state index in [2.05, 4.69) is 10.5 Å². The fourth-order valence-electron chi connectivity index (χ4n) is 3.53. The highest BCUT2D eigenvalue weighted by Gasteiger charge is 2.35. The van der Waals surface area contributed by atoms with Gasteiger partial charge in [-0.1, -0.05) is 41.4 Å². The third kappa shape index (κ3) is 5.73. The Morgan fingerprint density at radius 1 is 1.12 bits per heavy atom. The molecule has 6 nitrogen and oxygen atoms in total. The van der Waals surface area contributed by atoms with Crippen LogP contribution in [0, 0.1) is 11.7 Å². The normalized spacial score (nSPS) is 15.7. The molecule has 1 saturated heterocycles. The molecule has 0 saturated carbocycles. The maximum Gasteiger partial charge on any atom is 0.245 e. The lowest BCUT2D eigenvalue weighted by molar-refractivity contribution is -0.126. The zero-order valence-corrected chi connectivity index (χ0v) is 19.4. The Balaban J connectivity index is 1.32. The molecule has 1 aliphatic rings. The number of hydrogen-bond donors (Lipinski definition) is 1. The molecule has 4 rings (SSSR count). The van der Waals surface area contributed by atoms with Crippen LogP contribution in [0.5, 0.6) is 5.75 Å². The molecule has 174 valence electrons. The van der Waals surface area contributed by atoms with E-state index in [-0.39, 0.29) is 37.2 Å². The number of nitrogens with zero attached hydrogens (tertiary/aromatic N) is 2. The zero-order chi connectivity index (χ0) is 24.1. The molecule has 3 aromatic carbocycles. The largest absolute Gasteiger partial charge is 0.489 e. The maximum absolute atomic E-state index is 13.1. The van der Waals surface area contributed by atoms with Gasteiger partial charge in [0.05, 0.1) is 12.1 Å². The summed E-state index contributed by atoms with van der Waals surface area (Å²) < 4.78 is 18.9. The van der Waals surface area contributed by atoms with E-state index in [0.717, 1.165) is 0 Å². The zero-order valence-electron chi connectivity index (χ0n) is 17.9. The Hall–Kier alpha value is -3.42.